The first-order valence-corrected chi connectivity index (χ1v) is 6.74. The van der Waals surface area contributed by atoms with Gasteiger partial charge in [0.25, 0.3) is 0 Å². The van der Waals surface area contributed by atoms with Gasteiger partial charge >= 0.3 is 12.2 Å². The number of aromatic nitrogens is 3. The number of hydrogen-bond donors (Lipinski definition) is 0. The van der Waals surface area contributed by atoms with Crippen molar-refractivity contribution in [2.45, 2.75) is 6.42 Å². The molecule has 114 valence electrons. The molecule has 3 rings (SSSR count). The lowest BCUT2D eigenvalue weighted by molar-refractivity contribution is 0.121. The predicted molar refractivity (Wildman–Crippen MR) is 76.7 cm³/mol. The van der Waals surface area contributed by atoms with Gasteiger partial charge in [-0.1, -0.05) is 17.4 Å². The first kappa shape index (κ1) is 14.1. The standard InChI is InChI=1S/C14H14N4O4/c1-21-14(20)22-10-5-6-12-11(9-10)15-16-18(12)13(19)17-7-3-2-4-8-17/h2-3,5-6,9H,4,7-8H2,1H3. The Bertz CT molecular complexity index is 752. The van der Waals surface area contributed by atoms with E-state index in [1.165, 1.54) is 17.9 Å². The predicted octanol–water partition coefficient (Wildman–Crippen LogP) is 1.81. The number of carbonyl (C=O) groups is 2. The van der Waals surface area contributed by atoms with Gasteiger partial charge in [-0.15, -0.1) is 5.10 Å². The van der Waals surface area contributed by atoms with Crippen molar-refractivity contribution in [2.75, 3.05) is 20.2 Å². The summed E-state index contributed by atoms with van der Waals surface area (Å²) in [5, 5.41) is 7.83. The minimum atomic E-state index is -0.817. The quantitative estimate of drug-likeness (QED) is 0.453. The van der Waals surface area contributed by atoms with Gasteiger partial charge in [0.15, 0.2) is 0 Å². The van der Waals surface area contributed by atoms with E-state index in [0.29, 0.717) is 24.1 Å². The fourth-order valence-corrected chi connectivity index (χ4v) is 2.20. The van der Waals surface area contributed by atoms with Crippen molar-refractivity contribution in [3.8, 4) is 5.75 Å². The number of fused-ring (bicyclic) bond motifs is 1. The molecule has 0 aliphatic carbocycles. The molecule has 0 saturated heterocycles. The minimum Gasteiger partial charge on any atom is -0.437 e. The Balaban J connectivity index is 1.87. The van der Waals surface area contributed by atoms with Crippen LogP contribution in [0.5, 0.6) is 5.75 Å². The van der Waals surface area contributed by atoms with E-state index in [9.17, 15) is 9.59 Å². The van der Waals surface area contributed by atoms with Gasteiger partial charge in [0.1, 0.15) is 11.3 Å². The number of methoxy groups -OCH3 is 1. The van der Waals surface area contributed by atoms with Crippen LogP contribution in [0.15, 0.2) is 30.4 Å². The third-order valence-corrected chi connectivity index (χ3v) is 3.29. The molecule has 1 aliphatic rings. The molecule has 0 bridgehead atoms. The average molecular weight is 302 g/mol. The highest BCUT2D eigenvalue weighted by molar-refractivity contribution is 5.88. The van der Waals surface area contributed by atoms with Crippen LogP contribution >= 0.6 is 0 Å². The monoisotopic (exact) mass is 302 g/mol. The Hall–Kier alpha value is -2.90. The van der Waals surface area contributed by atoms with Gasteiger partial charge in [0, 0.05) is 19.2 Å². The number of nitrogens with zero attached hydrogens (tertiary/aromatic N) is 4. The van der Waals surface area contributed by atoms with Crippen LogP contribution in [0.3, 0.4) is 0 Å². The van der Waals surface area contributed by atoms with Gasteiger partial charge in [-0.05, 0) is 18.6 Å². The molecule has 0 atom stereocenters. The number of amides is 1. The van der Waals surface area contributed by atoms with Crippen molar-refractivity contribution in [1.29, 1.82) is 0 Å². The van der Waals surface area contributed by atoms with Crippen LogP contribution in [0.2, 0.25) is 0 Å². The van der Waals surface area contributed by atoms with E-state index in [1.807, 2.05) is 12.2 Å². The molecule has 1 aliphatic heterocycles. The Morgan fingerprint density at radius 3 is 2.86 bits per heavy atom. The summed E-state index contributed by atoms with van der Waals surface area (Å²) in [6.45, 7) is 1.21. The molecule has 8 nitrogen and oxygen atoms in total. The zero-order valence-corrected chi connectivity index (χ0v) is 11.9. The van der Waals surface area contributed by atoms with Gasteiger partial charge in [-0.25, -0.2) is 9.59 Å². The molecule has 0 radical (unpaired) electrons. The van der Waals surface area contributed by atoms with Gasteiger partial charge in [-0.2, -0.15) is 4.68 Å². The van der Waals surface area contributed by atoms with Crippen LogP contribution in [-0.4, -0.2) is 52.3 Å². The second-order valence-electron chi connectivity index (χ2n) is 4.70. The van der Waals surface area contributed by atoms with E-state index in [1.54, 1.807) is 17.0 Å². The molecule has 0 saturated carbocycles. The minimum absolute atomic E-state index is 0.228. The fraction of sp³-hybridized carbons (Fsp3) is 0.286. The molecule has 0 fully saturated rings. The number of carbonyl (C=O) groups excluding carboxylic acids is 2. The topological polar surface area (TPSA) is 86.5 Å². The molecule has 1 aromatic heterocycles. The van der Waals surface area contributed by atoms with Gasteiger partial charge in [0.05, 0.1) is 12.6 Å². The van der Waals surface area contributed by atoms with E-state index in [0.717, 1.165) is 6.42 Å². The molecule has 8 heteroatoms. The highest BCUT2D eigenvalue weighted by Crippen LogP contribution is 2.20. The lowest BCUT2D eigenvalue weighted by atomic mass is 10.2. The van der Waals surface area contributed by atoms with E-state index in [4.69, 9.17) is 4.74 Å². The molecule has 1 amide bonds. The molecule has 22 heavy (non-hydrogen) atoms. The highest BCUT2D eigenvalue weighted by Gasteiger charge is 2.20. The van der Waals surface area contributed by atoms with Crippen molar-refractivity contribution in [1.82, 2.24) is 19.9 Å². The van der Waals surface area contributed by atoms with Crippen LogP contribution in [0.25, 0.3) is 11.0 Å². The molecule has 2 heterocycles. The lowest BCUT2D eigenvalue weighted by Crippen LogP contribution is -2.37. The third-order valence-electron chi connectivity index (χ3n) is 3.29. The highest BCUT2D eigenvalue weighted by atomic mass is 16.7. The Morgan fingerprint density at radius 1 is 1.27 bits per heavy atom. The average Bonchev–Trinajstić information content (AvgIpc) is 2.98. The van der Waals surface area contributed by atoms with Crippen LogP contribution < -0.4 is 4.74 Å². The maximum Gasteiger partial charge on any atom is 0.513 e. The molecular weight excluding hydrogens is 288 g/mol. The first-order chi connectivity index (χ1) is 10.7. The van der Waals surface area contributed by atoms with Crippen molar-refractivity contribution >= 4 is 23.2 Å². The summed E-state index contributed by atoms with van der Waals surface area (Å²) in [4.78, 5) is 25.2. The van der Waals surface area contributed by atoms with E-state index < -0.39 is 6.16 Å². The Labute approximate surface area is 125 Å². The van der Waals surface area contributed by atoms with E-state index in [2.05, 4.69) is 15.0 Å². The summed E-state index contributed by atoms with van der Waals surface area (Å²) in [5.41, 5.74) is 1.01. The van der Waals surface area contributed by atoms with Crippen LogP contribution in [-0.2, 0) is 4.74 Å². The zero-order valence-electron chi connectivity index (χ0n) is 11.9. The lowest BCUT2D eigenvalue weighted by Gasteiger charge is -2.22. The maximum atomic E-state index is 12.4. The number of hydrogen-bond acceptors (Lipinski definition) is 6. The molecule has 2 aromatic rings. The van der Waals surface area contributed by atoms with Crippen molar-refractivity contribution < 1.29 is 19.1 Å². The summed E-state index contributed by atoms with van der Waals surface area (Å²) in [7, 11) is 1.23. The smallest absolute Gasteiger partial charge is 0.437 e. The summed E-state index contributed by atoms with van der Waals surface area (Å²) >= 11 is 0. The van der Waals surface area contributed by atoms with E-state index >= 15 is 0 Å². The van der Waals surface area contributed by atoms with Crippen molar-refractivity contribution in [3.05, 3.63) is 30.4 Å². The Morgan fingerprint density at radius 2 is 2.14 bits per heavy atom. The third kappa shape index (κ3) is 2.62. The molecule has 1 aromatic carbocycles. The van der Waals surface area contributed by atoms with Crippen LogP contribution in [0.4, 0.5) is 9.59 Å². The summed E-state index contributed by atoms with van der Waals surface area (Å²) in [6.07, 6.45) is 4.00. The summed E-state index contributed by atoms with van der Waals surface area (Å²) < 4.78 is 10.6. The molecular formula is C14H14N4O4. The van der Waals surface area contributed by atoms with Crippen molar-refractivity contribution in [2.24, 2.45) is 0 Å². The number of benzene rings is 1. The Kier molecular flexibility index (Phi) is 3.73. The maximum absolute atomic E-state index is 12.4. The van der Waals surface area contributed by atoms with Gasteiger partial charge in [-0.3, -0.25) is 0 Å². The van der Waals surface area contributed by atoms with Crippen LogP contribution in [0, 0.1) is 0 Å². The van der Waals surface area contributed by atoms with Crippen LogP contribution in [0.1, 0.15) is 6.42 Å². The van der Waals surface area contributed by atoms with Gasteiger partial charge in [0.2, 0.25) is 0 Å². The second kappa shape index (κ2) is 5.84. The van der Waals surface area contributed by atoms with E-state index in [-0.39, 0.29) is 11.8 Å². The number of rotatable bonds is 1. The summed E-state index contributed by atoms with van der Waals surface area (Å²) in [6, 6.07) is 4.49. The summed E-state index contributed by atoms with van der Waals surface area (Å²) in [5.74, 6) is 0.278. The molecule has 0 spiro atoms. The molecule has 0 N–H and O–H groups in total. The fourth-order valence-electron chi connectivity index (χ4n) is 2.20. The van der Waals surface area contributed by atoms with Gasteiger partial charge < -0.3 is 14.4 Å². The van der Waals surface area contributed by atoms with Crippen molar-refractivity contribution in [3.63, 3.8) is 0 Å². The first-order valence-electron chi connectivity index (χ1n) is 6.74. The SMILES string of the molecule is COC(=O)Oc1ccc2c(c1)nnn2C(=O)N1CC=CCC1. The normalized spacial score (nSPS) is 14.1. The second-order valence-corrected chi connectivity index (χ2v) is 4.70. The molecule has 0 unspecified atom stereocenters. The number of ether oxygens (including phenoxy) is 2. The zero-order chi connectivity index (χ0) is 15.5. The largest absolute Gasteiger partial charge is 0.513 e.